The number of carbonyl (C=O) groups is 1. The van der Waals surface area contributed by atoms with Gasteiger partial charge in [0, 0.05) is 11.7 Å². The monoisotopic (exact) mass is 235 g/mol. The maximum atomic E-state index is 12.0. The van der Waals surface area contributed by atoms with Gasteiger partial charge in [-0.3, -0.25) is 4.90 Å². The lowest BCUT2D eigenvalue weighted by molar-refractivity contribution is 0.150. The summed E-state index contributed by atoms with van der Waals surface area (Å²) >= 11 is 0. The first-order valence-electron chi connectivity index (χ1n) is 6.17. The van der Waals surface area contributed by atoms with E-state index in [-0.39, 0.29) is 12.1 Å². The van der Waals surface area contributed by atoms with E-state index in [1.165, 1.54) is 0 Å². The van der Waals surface area contributed by atoms with E-state index in [1.54, 1.807) is 4.90 Å². The van der Waals surface area contributed by atoms with Crippen LogP contribution in [0.2, 0.25) is 0 Å². The Morgan fingerprint density at radius 3 is 2.47 bits per heavy atom. The van der Waals surface area contributed by atoms with Gasteiger partial charge < -0.3 is 4.74 Å². The Morgan fingerprint density at radius 1 is 1.29 bits per heavy atom. The summed E-state index contributed by atoms with van der Waals surface area (Å²) in [4.78, 5) is 13.6. The summed E-state index contributed by atoms with van der Waals surface area (Å²) in [5.41, 5.74) is 0.879. The van der Waals surface area contributed by atoms with Crippen LogP contribution in [0.1, 0.15) is 33.6 Å². The number of carbonyl (C=O) groups excluding carboxylic acids is 1. The fraction of sp³-hybridized carbons (Fsp3) is 0.500. The molecule has 0 radical (unpaired) electrons. The van der Waals surface area contributed by atoms with Crippen LogP contribution in [0.4, 0.5) is 10.5 Å². The topological polar surface area (TPSA) is 29.5 Å². The molecule has 0 fully saturated rings. The SMILES string of the molecule is CCCCOC(=O)N(c1ccccc1)C(C)C. The highest BCUT2D eigenvalue weighted by molar-refractivity contribution is 5.88. The first-order chi connectivity index (χ1) is 8.16. The van der Waals surface area contributed by atoms with Gasteiger partial charge in [0.1, 0.15) is 0 Å². The Hall–Kier alpha value is -1.51. The molecule has 0 saturated heterocycles. The lowest BCUT2D eigenvalue weighted by Crippen LogP contribution is -2.37. The van der Waals surface area contributed by atoms with Crippen molar-refractivity contribution in [2.24, 2.45) is 0 Å². The standard InChI is InChI=1S/C14H21NO2/c1-4-5-11-17-14(16)15(12(2)3)13-9-7-6-8-10-13/h6-10,12H,4-5,11H2,1-3H3. The number of para-hydroxylation sites is 1. The van der Waals surface area contributed by atoms with Gasteiger partial charge in [-0.1, -0.05) is 31.5 Å². The van der Waals surface area contributed by atoms with E-state index < -0.39 is 0 Å². The van der Waals surface area contributed by atoms with Crippen molar-refractivity contribution < 1.29 is 9.53 Å². The van der Waals surface area contributed by atoms with Crippen LogP contribution in [0.25, 0.3) is 0 Å². The molecule has 0 unspecified atom stereocenters. The minimum absolute atomic E-state index is 0.0894. The van der Waals surface area contributed by atoms with Gasteiger partial charge in [0.25, 0.3) is 0 Å². The van der Waals surface area contributed by atoms with E-state index in [9.17, 15) is 4.79 Å². The van der Waals surface area contributed by atoms with Crippen molar-refractivity contribution in [2.45, 2.75) is 39.7 Å². The first-order valence-corrected chi connectivity index (χ1v) is 6.17. The van der Waals surface area contributed by atoms with Crippen LogP contribution < -0.4 is 4.90 Å². The molecule has 0 aliphatic heterocycles. The minimum atomic E-state index is -0.264. The van der Waals surface area contributed by atoms with Crippen LogP contribution >= 0.6 is 0 Å². The summed E-state index contributed by atoms with van der Waals surface area (Å²) in [7, 11) is 0. The molecule has 0 aromatic heterocycles. The van der Waals surface area contributed by atoms with Crippen LogP contribution in [-0.4, -0.2) is 18.7 Å². The molecule has 0 heterocycles. The van der Waals surface area contributed by atoms with Gasteiger partial charge in [-0.25, -0.2) is 4.79 Å². The molecule has 3 heteroatoms. The molecule has 0 aliphatic rings. The highest BCUT2D eigenvalue weighted by atomic mass is 16.6. The molecule has 1 aromatic carbocycles. The maximum Gasteiger partial charge on any atom is 0.414 e. The van der Waals surface area contributed by atoms with E-state index in [0.29, 0.717) is 6.61 Å². The summed E-state index contributed by atoms with van der Waals surface area (Å²) in [5, 5.41) is 0. The van der Waals surface area contributed by atoms with Crippen molar-refractivity contribution in [3.63, 3.8) is 0 Å². The second-order valence-electron chi connectivity index (χ2n) is 4.27. The second-order valence-corrected chi connectivity index (χ2v) is 4.27. The van der Waals surface area contributed by atoms with Crippen molar-refractivity contribution in [1.82, 2.24) is 0 Å². The van der Waals surface area contributed by atoms with E-state index in [4.69, 9.17) is 4.74 Å². The van der Waals surface area contributed by atoms with Gasteiger partial charge in [-0.2, -0.15) is 0 Å². The van der Waals surface area contributed by atoms with Crippen molar-refractivity contribution in [1.29, 1.82) is 0 Å². The summed E-state index contributed by atoms with van der Waals surface area (Å²) in [6.45, 7) is 6.53. The quantitative estimate of drug-likeness (QED) is 0.726. The number of nitrogens with zero attached hydrogens (tertiary/aromatic N) is 1. The predicted molar refractivity (Wildman–Crippen MR) is 70.3 cm³/mol. The number of amides is 1. The third-order valence-corrected chi connectivity index (χ3v) is 2.47. The molecule has 3 nitrogen and oxygen atoms in total. The average Bonchev–Trinajstić information content (AvgIpc) is 2.30. The molecule has 1 amide bonds. The number of hydrogen-bond donors (Lipinski definition) is 0. The van der Waals surface area contributed by atoms with Crippen molar-refractivity contribution >= 4 is 11.8 Å². The number of ether oxygens (including phenoxy) is 1. The van der Waals surface area contributed by atoms with Gasteiger partial charge >= 0.3 is 6.09 Å². The average molecular weight is 235 g/mol. The molecule has 1 aromatic rings. The normalized spacial score (nSPS) is 10.4. The number of unbranched alkanes of at least 4 members (excludes halogenated alkanes) is 1. The molecular weight excluding hydrogens is 214 g/mol. The van der Waals surface area contributed by atoms with Gasteiger partial charge in [0.05, 0.1) is 6.61 Å². The van der Waals surface area contributed by atoms with Crippen molar-refractivity contribution in [2.75, 3.05) is 11.5 Å². The van der Waals surface area contributed by atoms with Gasteiger partial charge in [0.15, 0.2) is 0 Å². The second kappa shape index (κ2) is 6.94. The van der Waals surface area contributed by atoms with Crippen molar-refractivity contribution in [3.8, 4) is 0 Å². The fourth-order valence-electron chi connectivity index (χ4n) is 1.58. The Kier molecular flexibility index (Phi) is 5.53. The largest absolute Gasteiger partial charge is 0.449 e. The van der Waals surface area contributed by atoms with Crippen LogP contribution in [0, 0.1) is 0 Å². The van der Waals surface area contributed by atoms with E-state index >= 15 is 0 Å². The van der Waals surface area contributed by atoms with Gasteiger partial charge in [-0.05, 0) is 32.4 Å². The zero-order valence-electron chi connectivity index (χ0n) is 10.8. The third kappa shape index (κ3) is 4.10. The van der Waals surface area contributed by atoms with E-state index in [0.717, 1.165) is 18.5 Å². The minimum Gasteiger partial charge on any atom is -0.449 e. The van der Waals surface area contributed by atoms with Crippen LogP contribution in [-0.2, 0) is 4.74 Å². The molecule has 0 aliphatic carbocycles. The summed E-state index contributed by atoms with van der Waals surface area (Å²) in [6.07, 6.45) is 1.67. The number of rotatable bonds is 5. The zero-order valence-corrected chi connectivity index (χ0v) is 10.8. The summed E-state index contributed by atoms with van der Waals surface area (Å²) in [6, 6.07) is 9.70. The van der Waals surface area contributed by atoms with Crippen molar-refractivity contribution in [3.05, 3.63) is 30.3 Å². The highest BCUT2D eigenvalue weighted by Gasteiger charge is 2.19. The Labute approximate surface area is 103 Å². The molecule has 17 heavy (non-hydrogen) atoms. The molecule has 1 rings (SSSR count). The molecule has 0 bridgehead atoms. The Morgan fingerprint density at radius 2 is 1.94 bits per heavy atom. The van der Waals surface area contributed by atoms with Gasteiger partial charge in [0.2, 0.25) is 0 Å². The smallest absolute Gasteiger partial charge is 0.414 e. The summed E-state index contributed by atoms with van der Waals surface area (Å²) < 4.78 is 5.25. The first kappa shape index (κ1) is 13.6. The number of hydrogen-bond acceptors (Lipinski definition) is 2. The zero-order chi connectivity index (χ0) is 12.7. The lowest BCUT2D eigenvalue weighted by atomic mass is 10.2. The Balaban J connectivity index is 2.70. The molecule has 0 saturated carbocycles. The molecular formula is C14H21NO2. The number of benzene rings is 1. The number of anilines is 1. The lowest BCUT2D eigenvalue weighted by Gasteiger charge is -2.25. The third-order valence-electron chi connectivity index (χ3n) is 2.47. The van der Waals surface area contributed by atoms with Crippen LogP contribution in [0.5, 0.6) is 0 Å². The Bertz CT molecular complexity index is 335. The highest BCUT2D eigenvalue weighted by Crippen LogP contribution is 2.17. The predicted octanol–water partition coefficient (Wildman–Crippen LogP) is 3.84. The van der Waals surface area contributed by atoms with Crippen LogP contribution in [0.3, 0.4) is 0 Å². The molecule has 94 valence electrons. The van der Waals surface area contributed by atoms with E-state index in [1.807, 2.05) is 44.2 Å². The summed E-state index contributed by atoms with van der Waals surface area (Å²) in [5.74, 6) is 0. The van der Waals surface area contributed by atoms with E-state index in [2.05, 4.69) is 6.92 Å². The van der Waals surface area contributed by atoms with Gasteiger partial charge in [-0.15, -0.1) is 0 Å². The fourth-order valence-corrected chi connectivity index (χ4v) is 1.58. The molecule has 0 spiro atoms. The maximum absolute atomic E-state index is 12.0. The van der Waals surface area contributed by atoms with Crippen LogP contribution in [0.15, 0.2) is 30.3 Å². The molecule has 0 N–H and O–H groups in total. The molecule has 0 atom stereocenters.